The van der Waals surface area contributed by atoms with Crippen molar-refractivity contribution in [1.29, 1.82) is 0 Å². The van der Waals surface area contributed by atoms with Crippen LogP contribution in [0.2, 0.25) is 0 Å². The highest BCUT2D eigenvalue weighted by Crippen LogP contribution is 2.34. The maximum atomic E-state index is 12.6. The van der Waals surface area contributed by atoms with Crippen molar-refractivity contribution in [2.45, 2.75) is 46.6 Å². The van der Waals surface area contributed by atoms with Crippen LogP contribution in [0.25, 0.3) is 10.8 Å². The van der Waals surface area contributed by atoms with Gasteiger partial charge < -0.3 is 14.4 Å². The highest BCUT2D eigenvalue weighted by Gasteiger charge is 2.37. The van der Waals surface area contributed by atoms with E-state index in [0.29, 0.717) is 13.1 Å². The predicted octanol–water partition coefficient (Wildman–Crippen LogP) is 3.51. The minimum absolute atomic E-state index is 0.0267. The summed E-state index contributed by atoms with van der Waals surface area (Å²) in [5.74, 6) is 1.84. The average Bonchev–Trinajstić information content (AvgIpc) is 3.14. The van der Waals surface area contributed by atoms with Crippen LogP contribution in [0, 0.1) is 18.3 Å². The van der Waals surface area contributed by atoms with E-state index in [1.54, 1.807) is 4.90 Å². The van der Waals surface area contributed by atoms with Crippen LogP contribution < -0.4 is 0 Å². The third kappa shape index (κ3) is 4.12. The smallest absolute Gasteiger partial charge is 0.228 e. The van der Waals surface area contributed by atoms with Crippen LogP contribution in [0.5, 0.6) is 0 Å². The van der Waals surface area contributed by atoms with Gasteiger partial charge in [0.1, 0.15) is 5.76 Å². The number of nitrogens with zero attached hydrogens (tertiary/aromatic N) is 2. The van der Waals surface area contributed by atoms with Crippen LogP contribution in [0.4, 0.5) is 0 Å². The number of aryl methyl sites for hydroxylation is 1. The zero-order valence-electron chi connectivity index (χ0n) is 15.3. The molecule has 2 aromatic rings. The molecule has 1 amide bonds. The van der Waals surface area contributed by atoms with Gasteiger partial charge in [-0.05, 0) is 36.8 Å². The fourth-order valence-electron chi connectivity index (χ4n) is 3.49. The molecule has 0 bridgehead atoms. The summed E-state index contributed by atoms with van der Waals surface area (Å²) >= 11 is 1.48. The van der Waals surface area contributed by atoms with Crippen LogP contribution in [0.1, 0.15) is 38.6 Å². The summed E-state index contributed by atoms with van der Waals surface area (Å²) in [6, 6.07) is 3.80. The zero-order valence-corrected chi connectivity index (χ0v) is 16.1. The second kappa shape index (κ2) is 6.92. The van der Waals surface area contributed by atoms with Gasteiger partial charge in [0.25, 0.3) is 0 Å². The van der Waals surface area contributed by atoms with Gasteiger partial charge in [0.05, 0.1) is 18.2 Å². The summed E-state index contributed by atoms with van der Waals surface area (Å²) in [6.45, 7) is 9.44. The van der Waals surface area contributed by atoms with E-state index in [1.165, 1.54) is 11.3 Å². The second-order valence-electron chi connectivity index (χ2n) is 7.90. The lowest BCUT2D eigenvalue weighted by Crippen LogP contribution is -2.50. The first kappa shape index (κ1) is 18.1. The lowest BCUT2D eigenvalue weighted by molar-refractivity contribution is -0.136. The van der Waals surface area contributed by atoms with E-state index in [9.17, 15) is 9.90 Å². The molecule has 136 valence electrons. The maximum Gasteiger partial charge on any atom is 0.228 e. The Morgan fingerprint density at radius 1 is 1.44 bits per heavy atom. The number of hydrogen-bond donors (Lipinski definition) is 1. The van der Waals surface area contributed by atoms with Gasteiger partial charge in [-0.25, -0.2) is 4.98 Å². The second-order valence-corrected chi connectivity index (χ2v) is 8.76. The number of aliphatic hydroxyl groups is 1. The molecule has 1 aliphatic heterocycles. The highest BCUT2D eigenvalue weighted by molar-refractivity contribution is 7.13. The van der Waals surface area contributed by atoms with Gasteiger partial charge >= 0.3 is 0 Å². The van der Waals surface area contributed by atoms with Crippen molar-refractivity contribution in [3.05, 3.63) is 29.0 Å². The first-order chi connectivity index (χ1) is 11.7. The third-order valence-corrected chi connectivity index (χ3v) is 5.79. The summed E-state index contributed by atoms with van der Waals surface area (Å²) in [5.41, 5.74) is 0.811. The molecular weight excluding hydrogens is 336 g/mol. The first-order valence-electron chi connectivity index (χ1n) is 8.71. The largest absolute Gasteiger partial charge is 0.459 e. The van der Waals surface area contributed by atoms with Gasteiger partial charge in [0.15, 0.2) is 10.8 Å². The average molecular weight is 362 g/mol. The number of aromatic nitrogens is 1. The van der Waals surface area contributed by atoms with Gasteiger partial charge in [0, 0.05) is 18.5 Å². The lowest BCUT2D eigenvalue weighted by atomic mass is 9.73. The summed E-state index contributed by atoms with van der Waals surface area (Å²) in [6.07, 6.45) is 0.641. The molecule has 0 saturated carbocycles. The van der Waals surface area contributed by atoms with Crippen molar-refractivity contribution in [3.63, 3.8) is 0 Å². The molecule has 6 heteroatoms. The van der Waals surface area contributed by atoms with E-state index in [0.717, 1.165) is 28.6 Å². The number of carbonyl (C=O) groups is 1. The molecule has 0 aromatic carbocycles. The van der Waals surface area contributed by atoms with Gasteiger partial charge in [-0.15, -0.1) is 11.3 Å². The number of carbonyl (C=O) groups excluding carboxylic acids is 1. The van der Waals surface area contributed by atoms with E-state index in [4.69, 9.17) is 4.42 Å². The molecule has 3 heterocycles. The van der Waals surface area contributed by atoms with E-state index in [2.05, 4.69) is 25.8 Å². The first-order valence-corrected chi connectivity index (χ1v) is 9.59. The highest BCUT2D eigenvalue weighted by atomic mass is 32.1. The molecule has 0 radical (unpaired) electrons. The minimum atomic E-state index is -0.463. The van der Waals surface area contributed by atoms with Crippen molar-refractivity contribution in [3.8, 4) is 10.8 Å². The van der Waals surface area contributed by atoms with E-state index in [-0.39, 0.29) is 23.7 Å². The minimum Gasteiger partial charge on any atom is -0.459 e. The third-order valence-electron chi connectivity index (χ3n) is 4.88. The number of piperidine rings is 1. The Labute approximate surface area is 152 Å². The van der Waals surface area contributed by atoms with Crippen LogP contribution in [-0.2, 0) is 11.2 Å². The fraction of sp³-hybridized carbons (Fsp3) is 0.579. The number of hydrogen-bond acceptors (Lipinski definition) is 5. The van der Waals surface area contributed by atoms with Crippen LogP contribution in [0.3, 0.4) is 0 Å². The van der Waals surface area contributed by atoms with Gasteiger partial charge in [-0.2, -0.15) is 0 Å². The molecule has 1 fully saturated rings. The molecule has 2 unspecified atom stereocenters. The SMILES string of the molecule is Cc1ccc(-c2nc(CC(=O)N3CCC(C(C)(C)C)C(O)C3)cs2)o1. The zero-order chi connectivity index (χ0) is 18.2. The molecule has 0 spiro atoms. The summed E-state index contributed by atoms with van der Waals surface area (Å²) < 4.78 is 5.58. The topological polar surface area (TPSA) is 66.6 Å². The fourth-order valence-corrected chi connectivity index (χ4v) is 4.27. The van der Waals surface area contributed by atoms with Crippen molar-refractivity contribution < 1.29 is 14.3 Å². The standard InChI is InChI=1S/C19H26N2O3S/c1-12-5-6-16(24-12)18-20-13(11-25-18)9-17(23)21-8-7-14(15(22)10-21)19(2,3)4/h5-6,11,14-15,22H,7-10H2,1-4H3. The summed E-state index contributed by atoms with van der Waals surface area (Å²) in [4.78, 5) is 18.9. The van der Waals surface area contributed by atoms with Crippen LogP contribution >= 0.6 is 11.3 Å². The van der Waals surface area contributed by atoms with Crippen LogP contribution in [-0.4, -0.2) is 40.1 Å². The Hall–Kier alpha value is -1.66. The van der Waals surface area contributed by atoms with Crippen molar-refractivity contribution in [2.75, 3.05) is 13.1 Å². The summed E-state index contributed by atoms with van der Waals surface area (Å²) in [7, 11) is 0. The Morgan fingerprint density at radius 2 is 2.20 bits per heavy atom. The molecule has 2 aromatic heterocycles. The molecule has 2 atom stereocenters. The molecule has 25 heavy (non-hydrogen) atoms. The Balaban J connectivity index is 1.61. The molecular formula is C19H26N2O3S. The van der Waals surface area contributed by atoms with Crippen molar-refractivity contribution >= 4 is 17.2 Å². The Bertz CT molecular complexity index is 744. The number of likely N-dealkylation sites (tertiary alicyclic amines) is 1. The van der Waals surface area contributed by atoms with E-state index < -0.39 is 6.10 Å². The predicted molar refractivity (Wildman–Crippen MR) is 98.4 cm³/mol. The van der Waals surface area contributed by atoms with Crippen molar-refractivity contribution in [2.24, 2.45) is 11.3 Å². The molecule has 3 rings (SSSR count). The molecule has 1 N–H and O–H groups in total. The quantitative estimate of drug-likeness (QED) is 0.907. The number of aliphatic hydroxyl groups excluding tert-OH is 1. The summed E-state index contributed by atoms with van der Waals surface area (Å²) in [5, 5.41) is 13.1. The van der Waals surface area contributed by atoms with Crippen LogP contribution in [0.15, 0.2) is 21.9 Å². The number of amides is 1. The Kier molecular flexibility index (Phi) is 5.02. The van der Waals surface area contributed by atoms with Gasteiger partial charge in [-0.1, -0.05) is 20.8 Å². The van der Waals surface area contributed by atoms with E-state index >= 15 is 0 Å². The molecule has 1 aliphatic rings. The van der Waals surface area contributed by atoms with E-state index in [1.807, 2.05) is 24.4 Å². The molecule has 1 saturated heterocycles. The van der Waals surface area contributed by atoms with Gasteiger partial charge in [-0.3, -0.25) is 4.79 Å². The number of rotatable bonds is 3. The lowest BCUT2D eigenvalue weighted by Gasteiger charge is -2.42. The normalized spacial score (nSPS) is 21.6. The molecule has 0 aliphatic carbocycles. The maximum absolute atomic E-state index is 12.6. The number of thiazole rings is 1. The Morgan fingerprint density at radius 3 is 2.80 bits per heavy atom. The number of β-amino-alcohol motifs (C(OH)–C–C–N with tert-alkyl or cyclic N) is 1. The molecule has 5 nitrogen and oxygen atoms in total. The number of furan rings is 1. The van der Waals surface area contributed by atoms with Crippen molar-refractivity contribution in [1.82, 2.24) is 9.88 Å². The monoisotopic (exact) mass is 362 g/mol. The van der Waals surface area contributed by atoms with Gasteiger partial charge in [0.2, 0.25) is 5.91 Å².